The van der Waals surface area contributed by atoms with Gasteiger partial charge in [-0.25, -0.2) is 0 Å². The van der Waals surface area contributed by atoms with Gasteiger partial charge in [0.1, 0.15) is 0 Å². The molecule has 0 amide bonds. The molecule has 2 atom stereocenters. The first-order chi connectivity index (χ1) is 9.30. The van der Waals surface area contributed by atoms with Crippen LogP contribution < -0.4 is 5.32 Å². The first-order valence-electron chi connectivity index (χ1n) is 8.74. The number of rotatable bonds is 2. The highest BCUT2D eigenvalue weighted by atomic mass is 15.3. The smallest absolute Gasteiger partial charge is 0.0116 e. The molecule has 1 aliphatic carbocycles. The van der Waals surface area contributed by atoms with Gasteiger partial charge in [-0.2, -0.15) is 0 Å². The predicted molar refractivity (Wildman–Crippen MR) is 85.9 cm³/mol. The van der Waals surface area contributed by atoms with Crippen molar-refractivity contribution in [3.63, 3.8) is 0 Å². The van der Waals surface area contributed by atoms with Crippen molar-refractivity contribution in [2.75, 3.05) is 7.05 Å². The van der Waals surface area contributed by atoms with E-state index in [1.54, 1.807) is 0 Å². The zero-order valence-corrected chi connectivity index (χ0v) is 14.2. The minimum absolute atomic E-state index is 0.520. The van der Waals surface area contributed by atoms with Gasteiger partial charge < -0.3 is 5.32 Å². The quantitative estimate of drug-likeness (QED) is 0.826. The summed E-state index contributed by atoms with van der Waals surface area (Å²) in [6, 6.07) is 3.33. The number of hydrogen-bond acceptors (Lipinski definition) is 2. The molecule has 20 heavy (non-hydrogen) atoms. The van der Waals surface area contributed by atoms with Gasteiger partial charge in [0.15, 0.2) is 0 Å². The topological polar surface area (TPSA) is 15.3 Å². The molecule has 2 saturated heterocycles. The third-order valence-corrected chi connectivity index (χ3v) is 6.15. The van der Waals surface area contributed by atoms with Crippen molar-refractivity contribution < 1.29 is 0 Å². The minimum Gasteiger partial charge on any atom is -0.317 e. The normalized spacial score (nSPS) is 41.0. The molecule has 0 aromatic carbocycles. The summed E-state index contributed by atoms with van der Waals surface area (Å²) in [4.78, 5) is 2.97. The summed E-state index contributed by atoms with van der Waals surface area (Å²) >= 11 is 0. The van der Waals surface area contributed by atoms with E-state index in [9.17, 15) is 0 Å². The second-order valence-corrected chi connectivity index (χ2v) is 9.36. The SMILES string of the molecule is CNC1CC2CCC(C1)N2C1CC(C)(C)CC(C)(C)C1. The highest BCUT2D eigenvalue weighted by molar-refractivity contribution is 5.03. The predicted octanol–water partition coefficient (Wildman–Crippen LogP) is 3.81. The highest BCUT2D eigenvalue weighted by Gasteiger charge is 2.48. The van der Waals surface area contributed by atoms with Gasteiger partial charge in [0, 0.05) is 24.2 Å². The third kappa shape index (κ3) is 2.78. The molecule has 1 N–H and O–H groups in total. The molecular formula is C18H34N2. The number of nitrogens with one attached hydrogen (secondary N) is 1. The van der Waals surface area contributed by atoms with E-state index in [1.165, 1.54) is 44.9 Å². The van der Waals surface area contributed by atoms with Gasteiger partial charge in [0.2, 0.25) is 0 Å². The third-order valence-electron chi connectivity index (χ3n) is 6.15. The summed E-state index contributed by atoms with van der Waals surface area (Å²) in [6.45, 7) is 9.96. The molecule has 2 bridgehead atoms. The van der Waals surface area contributed by atoms with Crippen LogP contribution in [0.15, 0.2) is 0 Å². The Hall–Kier alpha value is -0.0800. The highest BCUT2D eigenvalue weighted by Crippen LogP contribution is 2.50. The molecule has 0 spiro atoms. The maximum atomic E-state index is 3.53. The van der Waals surface area contributed by atoms with Crippen molar-refractivity contribution in [2.24, 2.45) is 10.8 Å². The van der Waals surface area contributed by atoms with E-state index >= 15 is 0 Å². The summed E-state index contributed by atoms with van der Waals surface area (Å²) < 4.78 is 0. The van der Waals surface area contributed by atoms with E-state index in [1.807, 2.05) is 0 Å². The van der Waals surface area contributed by atoms with E-state index in [-0.39, 0.29) is 0 Å². The van der Waals surface area contributed by atoms with Gasteiger partial charge in [-0.3, -0.25) is 4.90 Å². The van der Waals surface area contributed by atoms with E-state index in [4.69, 9.17) is 0 Å². The Kier molecular flexibility index (Phi) is 3.70. The van der Waals surface area contributed by atoms with Gasteiger partial charge in [-0.15, -0.1) is 0 Å². The van der Waals surface area contributed by atoms with Crippen LogP contribution in [0.2, 0.25) is 0 Å². The molecule has 3 rings (SSSR count). The standard InChI is InChI=1S/C18H34N2/c1-17(2)10-16(11-18(3,4)12-17)20-14-6-7-15(20)9-13(8-14)19-5/h13-16,19H,6-12H2,1-5H3. The number of nitrogens with zero attached hydrogens (tertiary/aromatic N) is 1. The second-order valence-electron chi connectivity index (χ2n) is 9.36. The molecule has 0 aromatic rings. The molecule has 0 radical (unpaired) electrons. The second kappa shape index (κ2) is 4.98. The van der Waals surface area contributed by atoms with Crippen molar-refractivity contribution in [3.05, 3.63) is 0 Å². The Morgan fingerprint density at radius 3 is 1.80 bits per heavy atom. The molecule has 3 aliphatic rings. The lowest BCUT2D eigenvalue weighted by Crippen LogP contribution is -2.56. The fourth-order valence-corrected chi connectivity index (χ4v) is 6.04. The van der Waals surface area contributed by atoms with Crippen molar-refractivity contribution in [3.8, 4) is 0 Å². The molecule has 2 heteroatoms. The first kappa shape index (κ1) is 14.8. The van der Waals surface area contributed by atoms with E-state index in [0.29, 0.717) is 10.8 Å². The Bertz CT molecular complexity index is 330. The van der Waals surface area contributed by atoms with E-state index in [2.05, 4.69) is 45.0 Å². The number of hydrogen-bond donors (Lipinski definition) is 1. The summed E-state index contributed by atoms with van der Waals surface area (Å²) in [5, 5.41) is 3.53. The molecule has 1 saturated carbocycles. The maximum Gasteiger partial charge on any atom is 0.0116 e. The molecule has 2 nitrogen and oxygen atoms in total. The zero-order chi connectivity index (χ0) is 14.5. The van der Waals surface area contributed by atoms with Crippen LogP contribution in [0.3, 0.4) is 0 Å². The largest absolute Gasteiger partial charge is 0.317 e. The van der Waals surface area contributed by atoms with Gasteiger partial charge in [-0.05, 0) is 62.8 Å². The van der Waals surface area contributed by atoms with Crippen LogP contribution in [0.5, 0.6) is 0 Å². The van der Waals surface area contributed by atoms with E-state index < -0.39 is 0 Å². The van der Waals surface area contributed by atoms with Crippen LogP contribution in [0, 0.1) is 10.8 Å². The first-order valence-corrected chi connectivity index (χ1v) is 8.74. The lowest BCUT2D eigenvalue weighted by Gasteiger charge is -2.52. The fraction of sp³-hybridized carbons (Fsp3) is 1.00. The van der Waals surface area contributed by atoms with Gasteiger partial charge >= 0.3 is 0 Å². The number of fused-ring (bicyclic) bond motifs is 2. The summed E-state index contributed by atoms with van der Waals surface area (Å²) in [5.74, 6) is 0. The van der Waals surface area contributed by atoms with Crippen LogP contribution in [-0.2, 0) is 0 Å². The minimum atomic E-state index is 0.520. The van der Waals surface area contributed by atoms with Gasteiger partial charge in [0.25, 0.3) is 0 Å². The van der Waals surface area contributed by atoms with E-state index in [0.717, 1.165) is 24.2 Å². The van der Waals surface area contributed by atoms with Crippen molar-refractivity contribution in [2.45, 2.75) is 96.8 Å². The Balaban J connectivity index is 1.76. The summed E-state index contributed by atoms with van der Waals surface area (Å²) in [7, 11) is 2.15. The van der Waals surface area contributed by atoms with Gasteiger partial charge in [-0.1, -0.05) is 27.7 Å². The molecule has 2 aliphatic heterocycles. The van der Waals surface area contributed by atoms with Gasteiger partial charge in [0.05, 0.1) is 0 Å². The van der Waals surface area contributed by atoms with Crippen LogP contribution in [-0.4, -0.2) is 36.1 Å². The average Bonchev–Trinajstić information content (AvgIpc) is 2.56. The Morgan fingerprint density at radius 2 is 1.35 bits per heavy atom. The molecule has 116 valence electrons. The summed E-state index contributed by atoms with van der Waals surface area (Å²) in [6.07, 6.45) is 9.86. The van der Waals surface area contributed by atoms with Crippen molar-refractivity contribution in [1.82, 2.24) is 10.2 Å². The summed E-state index contributed by atoms with van der Waals surface area (Å²) in [5.41, 5.74) is 1.04. The van der Waals surface area contributed by atoms with Crippen LogP contribution in [0.1, 0.15) is 72.6 Å². The van der Waals surface area contributed by atoms with Crippen LogP contribution >= 0.6 is 0 Å². The molecule has 0 aromatic heterocycles. The monoisotopic (exact) mass is 278 g/mol. The maximum absolute atomic E-state index is 3.53. The lowest BCUT2D eigenvalue weighted by molar-refractivity contribution is -0.0176. The molecule has 2 unspecified atom stereocenters. The van der Waals surface area contributed by atoms with Crippen molar-refractivity contribution >= 4 is 0 Å². The Morgan fingerprint density at radius 1 is 0.850 bits per heavy atom. The molecular weight excluding hydrogens is 244 g/mol. The average molecular weight is 278 g/mol. The molecule has 2 heterocycles. The lowest BCUT2D eigenvalue weighted by atomic mass is 9.63. The molecule has 3 fully saturated rings. The van der Waals surface area contributed by atoms with Crippen LogP contribution in [0.4, 0.5) is 0 Å². The van der Waals surface area contributed by atoms with Crippen molar-refractivity contribution in [1.29, 1.82) is 0 Å². The Labute approximate surface area is 125 Å². The zero-order valence-electron chi connectivity index (χ0n) is 14.2. The van der Waals surface area contributed by atoms with Crippen LogP contribution in [0.25, 0.3) is 0 Å². The number of piperidine rings is 1. The fourth-order valence-electron chi connectivity index (χ4n) is 6.04.